The molecule has 0 bridgehead atoms. The summed E-state index contributed by atoms with van der Waals surface area (Å²) < 4.78 is 5.14. The second kappa shape index (κ2) is 7.10. The summed E-state index contributed by atoms with van der Waals surface area (Å²) in [4.78, 5) is 12.6. The average molecular weight is 332 g/mol. The number of allylic oxidation sites excluding steroid dienone is 3. The van der Waals surface area contributed by atoms with E-state index in [4.69, 9.17) is 4.74 Å². The summed E-state index contributed by atoms with van der Waals surface area (Å²) in [6.07, 6.45) is 4.37. The first kappa shape index (κ1) is 17.2. The van der Waals surface area contributed by atoms with Gasteiger partial charge in [-0.1, -0.05) is 66.3 Å². The minimum Gasteiger partial charge on any atom is -0.466 e. The van der Waals surface area contributed by atoms with E-state index >= 15 is 0 Å². The number of hydrogen-bond donors (Lipinski definition) is 0. The highest BCUT2D eigenvalue weighted by Gasteiger charge is 2.31. The summed E-state index contributed by atoms with van der Waals surface area (Å²) in [5.41, 5.74) is 6.63. The zero-order valence-electron chi connectivity index (χ0n) is 15.2. The molecule has 0 fully saturated rings. The van der Waals surface area contributed by atoms with Crippen molar-refractivity contribution in [1.82, 2.24) is 0 Å². The van der Waals surface area contributed by atoms with Crippen molar-refractivity contribution >= 4 is 5.97 Å². The van der Waals surface area contributed by atoms with Crippen molar-refractivity contribution < 1.29 is 9.53 Å². The van der Waals surface area contributed by atoms with E-state index in [2.05, 4.69) is 63.3 Å². The lowest BCUT2D eigenvalue weighted by atomic mass is 9.75. The van der Waals surface area contributed by atoms with Crippen LogP contribution in [0.4, 0.5) is 0 Å². The maximum atomic E-state index is 12.6. The first-order valence-corrected chi connectivity index (χ1v) is 8.63. The SMILES string of the molecule is COC(=O)C1=C(C)C(c2ccccc2C)C=CC1c1ccccc1C. The van der Waals surface area contributed by atoms with Crippen molar-refractivity contribution in [3.63, 3.8) is 0 Å². The normalized spacial score (nSPS) is 19.8. The van der Waals surface area contributed by atoms with Crippen LogP contribution in [0.5, 0.6) is 0 Å². The van der Waals surface area contributed by atoms with Gasteiger partial charge in [0, 0.05) is 17.4 Å². The van der Waals surface area contributed by atoms with Gasteiger partial charge >= 0.3 is 5.97 Å². The maximum absolute atomic E-state index is 12.6. The van der Waals surface area contributed by atoms with E-state index < -0.39 is 0 Å². The lowest BCUT2D eigenvalue weighted by molar-refractivity contribution is -0.136. The Bertz CT molecular complexity index is 858. The third kappa shape index (κ3) is 3.17. The Morgan fingerprint density at radius 1 is 0.800 bits per heavy atom. The minimum absolute atomic E-state index is 0.0612. The lowest BCUT2D eigenvalue weighted by Gasteiger charge is -2.29. The molecule has 2 atom stereocenters. The van der Waals surface area contributed by atoms with Gasteiger partial charge in [0.1, 0.15) is 0 Å². The molecule has 3 rings (SSSR count). The van der Waals surface area contributed by atoms with Crippen LogP contribution < -0.4 is 0 Å². The van der Waals surface area contributed by atoms with Crippen LogP contribution in [0, 0.1) is 13.8 Å². The third-order valence-electron chi connectivity index (χ3n) is 5.15. The molecule has 0 heterocycles. The molecule has 1 aliphatic carbocycles. The van der Waals surface area contributed by atoms with Crippen molar-refractivity contribution in [3.05, 3.63) is 94.1 Å². The van der Waals surface area contributed by atoms with E-state index in [1.807, 2.05) is 18.2 Å². The molecule has 1 aliphatic rings. The van der Waals surface area contributed by atoms with Crippen LogP contribution in [-0.4, -0.2) is 13.1 Å². The Balaban J connectivity index is 2.13. The fourth-order valence-corrected chi connectivity index (χ4v) is 3.74. The monoisotopic (exact) mass is 332 g/mol. The van der Waals surface area contributed by atoms with Crippen LogP contribution in [0.3, 0.4) is 0 Å². The van der Waals surface area contributed by atoms with Gasteiger partial charge in [0.05, 0.1) is 7.11 Å². The molecule has 2 unspecified atom stereocenters. The Kier molecular flexibility index (Phi) is 4.89. The highest BCUT2D eigenvalue weighted by molar-refractivity contribution is 5.92. The van der Waals surface area contributed by atoms with Gasteiger partial charge in [-0.05, 0) is 43.0 Å². The number of aryl methyl sites for hydroxylation is 2. The molecule has 0 radical (unpaired) electrons. The zero-order chi connectivity index (χ0) is 18.0. The van der Waals surface area contributed by atoms with Gasteiger partial charge in [-0.25, -0.2) is 4.79 Å². The van der Waals surface area contributed by atoms with Gasteiger partial charge in [-0.3, -0.25) is 0 Å². The summed E-state index contributed by atoms with van der Waals surface area (Å²) in [5.74, 6) is -0.196. The van der Waals surface area contributed by atoms with E-state index in [1.54, 1.807) is 0 Å². The second-order valence-electron chi connectivity index (χ2n) is 6.64. The molecular formula is C23H24O2. The van der Waals surface area contributed by atoms with Crippen LogP contribution in [-0.2, 0) is 9.53 Å². The highest BCUT2D eigenvalue weighted by Crippen LogP contribution is 2.41. The quantitative estimate of drug-likeness (QED) is 0.568. The molecule has 2 heteroatoms. The fraction of sp³-hybridized carbons (Fsp3) is 0.261. The van der Waals surface area contributed by atoms with Crippen LogP contribution in [0.2, 0.25) is 0 Å². The Hall–Kier alpha value is -2.61. The number of esters is 1. The van der Waals surface area contributed by atoms with Crippen LogP contribution in [0.25, 0.3) is 0 Å². The minimum atomic E-state index is -0.242. The van der Waals surface area contributed by atoms with Crippen molar-refractivity contribution in [2.45, 2.75) is 32.6 Å². The molecule has 2 aromatic rings. The lowest BCUT2D eigenvalue weighted by Crippen LogP contribution is -2.20. The van der Waals surface area contributed by atoms with Crippen molar-refractivity contribution in [1.29, 1.82) is 0 Å². The van der Waals surface area contributed by atoms with Gasteiger partial charge in [0.2, 0.25) is 0 Å². The number of carbonyl (C=O) groups is 1. The standard InChI is InChI=1S/C23H24O2/c1-15-9-5-7-11-18(15)20-13-14-21(19-12-8-6-10-16(19)2)22(17(20)3)23(24)25-4/h5-14,20-21H,1-4H3. The number of benzene rings is 2. The number of ether oxygens (including phenoxy) is 1. The molecule has 2 nitrogen and oxygen atoms in total. The molecule has 2 aromatic carbocycles. The van der Waals surface area contributed by atoms with E-state index in [9.17, 15) is 4.79 Å². The average Bonchev–Trinajstić information content (AvgIpc) is 2.62. The predicted molar refractivity (Wildman–Crippen MR) is 102 cm³/mol. The van der Waals surface area contributed by atoms with Crippen LogP contribution >= 0.6 is 0 Å². The number of hydrogen-bond acceptors (Lipinski definition) is 2. The molecule has 0 saturated carbocycles. The molecule has 25 heavy (non-hydrogen) atoms. The van der Waals surface area contributed by atoms with Gasteiger partial charge in [-0.15, -0.1) is 0 Å². The van der Waals surface area contributed by atoms with E-state index in [0.29, 0.717) is 0 Å². The molecule has 0 spiro atoms. The molecule has 0 N–H and O–H groups in total. The number of rotatable bonds is 3. The smallest absolute Gasteiger partial charge is 0.334 e. The number of methoxy groups -OCH3 is 1. The van der Waals surface area contributed by atoms with E-state index in [1.165, 1.54) is 23.8 Å². The zero-order valence-corrected chi connectivity index (χ0v) is 15.2. The number of carbonyl (C=O) groups excluding carboxylic acids is 1. The maximum Gasteiger partial charge on any atom is 0.334 e. The largest absolute Gasteiger partial charge is 0.466 e. The summed E-state index contributed by atoms with van der Waals surface area (Å²) in [5, 5.41) is 0. The van der Waals surface area contributed by atoms with Gasteiger partial charge in [-0.2, -0.15) is 0 Å². The van der Waals surface area contributed by atoms with E-state index in [-0.39, 0.29) is 17.8 Å². The predicted octanol–water partition coefficient (Wildman–Crippen LogP) is 5.23. The first-order valence-electron chi connectivity index (χ1n) is 8.63. The Morgan fingerprint density at radius 2 is 1.28 bits per heavy atom. The van der Waals surface area contributed by atoms with Gasteiger partial charge in [0.25, 0.3) is 0 Å². The van der Waals surface area contributed by atoms with Crippen molar-refractivity contribution in [3.8, 4) is 0 Å². The van der Waals surface area contributed by atoms with Gasteiger partial charge in [0.15, 0.2) is 0 Å². The fourth-order valence-electron chi connectivity index (χ4n) is 3.74. The summed E-state index contributed by atoms with van der Waals surface area (Å²) in [6.45, 7) is 6.25. The molecule has 0 aromatic heterocycles. The molecule has 128 valence electrons. The second-order valence-corrected chi connectivity index (χ2v) is 6.64. The Labute approximate surface area is 149 Å². The van der Waals surface area contributed by atoms with Crippen LogP contribution in [0.1, 0.15) is 41.0 Å². The molecular weight excluding hydrogens is 308 g/mol. The molecule has 0 saturated heterocycles. The van der Waals surface area contributed by atoms with Crippen molar-refractivity contribution in [2.24, 2.45) is 0 Å². The summed E-state index contributed by atoms with van der Waals surface area (Å²) >= 11 is 0. The molecule has 0 amide bonds. The van der Waals surface area contributed by atoms with Gasteiger partial charge < -0.3 is 4.74 Å². The van der Waals surface area contributed by atoms with E-state index in [0.717, 1.165) is 16.7 Å². The van der Waals surface area contributed by atoms with Crippen molar-refractivity contribution in [2.75, 3.05) is 7.11 Å². The summed E-state index contributed by atoms with van der Waals surface area (Å²) in [6, 6.07) is 16.6. The Morgan fingerprint density at radius 3 is 1.80 bits per heavy atom. The summed E-state index contributed by atoms with van der Waals surface area (Å²) in [7, 11) is 1.46. The first-order chi connectivity index (χ1) is 12.0. The third-order valence-corrected chi connectivity index (χ3v) is 5.15. The topological polar surface area (TPSA) is 26.3 Å². The molecule has 0 aliphatic heterocycles. The highest BCUT2D eigenvalue weighted by atomic mass is 16.5. The van der Waals surface area contributed by atoms with Crippen LogP contribution in [0.15, 0.2) is 71.8 Å².